The summed E-state index contributed by atoms with van der Waals surface area (Å²) in [6.07, 6.45) is 0. The zero-order valence-electron chi connectivity index (χ0n) is 9.87. The predicted octanol–water partition coefficient (Wildman–Crippen LogP) is 2.89. The van der Waals surface area contributed by atoms with Crippen molar-refractivity contribution in [3.8, 4) is 0 Å². The van der Waals surface area contributed by atoms with Crippen LogP contribution >= 0.6 is 11.6 Å². The van der Waals surface area contributed by atoms with Crippen molar-refractivity contribution >= 4 is 23.3 Å². The topological polar surface area (TPSA) is 63.0 Å². The Kier molecular flexibility index (Phi) is 3.78. The van der Waals surface area contributed by atoms with E-state index < -0.39 is 5.82 Å². The number of nitrogens with zero attached hydrogens (tertiary/aromatic N) is 2. The molecule has 0 radical (unpaired) electrons. The molecule has 1 unspecified atom stereocenters. The number of rotatable bonds is 4. The van der Waals surface area contributed by atoms with Crippen molar-refractivity contribution in [2.45, 2.75) is 13.0 Å². The molecule has 0 aliphatic heterocycles. The molecule has 1 heterocycles. The number of aromatic nitrogens is 2. The van der Waals surface area contributed by atoms with Crippen molar-refractivity contribution in [1.29, 1.82) is 0 Å². The van der Waals surface area contributed by atoms with Gasteiger partial charge in [0.25, 0.3) is 0 Å². The van der Waals surface area contributed by atoms with Crippen LogP contribution in [-0.2, 0) is 0 Å². The van der Waals surface area contributed by atoms with Crippen LogP contribution in [-0.4, -0.2) is 17.2 Å². The second kappa shape index (κ2) is 5.32. The van der Waals surface area contributed by atoms with E-state index in [-0.39, 0.29) is 17.1 Å². The normalized spacial score (nSPS) is 12.4. The third-order valence-electron chi connectivity index (χ3n) is 2.41. The largest absolute Gasteiger partial charge is 0.406 e. The van der Waals surface area contributed by atoms with Crippen LogP contribution in [0.3, 0.4) is 0 Å². The molecule has 0 aliphatic carbocycles. The van der Waals surface area contributed by atoms with Crippen LogP contribution in [0.5, 0.6) is 0 Å². The number of hydrogen-bond acceptors (Lipinski definition) is 5. The van der Waals surface area contributed by atoms with Crippen LogP contribution in [0.1, 0.15) is 18.9 Å². The van der Waals surface area contributed by atoms with E-state index in [0.29, 0.717) is 11.6 Å². The Morgan fingerprint density at radius 3 is 2.83 bits per heavy atom. The number of halogens is 2. The maximum Gasteiger partial charge on any atom is 0.320 e. The van der Waals surface area contributed by atoms with Gasteiger partial charge >= 0.3 is 6.01 Å². The second-order valence-electron chi connectivity index (χ2n) is 3.71. The SMILES string of the molecule is CNC(C)c1nnc(Nc2ccc(F)c(Cl)c2)o1. The minimum Gasteiger partial charge on any atom is -0.406 e. The van der Waals surface area contributed by atoms with Gasteiger partial charge in [-0.05, 0) is 32.2 Å². The Morgan fingerprint density at radius 1 is 1.39 bits per heavy atom. The lowest BCUT2D eigenvalue weighted by atomic mass is 10.3. The van der Waals surface area contributed by atoms with Gasteiger partial charge in [0.1, 0.15) is 5.82 Å². The molecule has 0 fully saturated rings. The Bertz CT molecular complexity index is 546. The van der Waals surface area contributed by atoms with Gasteiger partial charge in [0.2, 0.25) is 5.89 Å². The molecule has 0 amide bonds. The standard InChI is InChI=1S/C11H12ClFN4O/c1-6(14-2)10-16-17-11(18-10)15-7-3-4-9(13)8(12)5-7/h3-6,14H,1-2H3,(H,15,17). The maximum atomic E-state index is 13.0. The molecule has 0 spiro atoms. The van der Waals surface area contributed by atoms with Crippen molar-refractivity contribution in [2.24, 2.45) is 0 Å². The molecule has 7 heteroatoms. The average molecular weight is 271 g/mol. The monoisotopic (exact) mass is 270 g/mol. The summed E-state index contributed by atoms with van der Waals surface area (Å²) in [6.45, 7) is 1.89. The van der Waals surface area contributed by atoms with Crippen LogP contribution in [0.25, 0.3) is 0 Å². The Morgan fingerprint density at radius 2 is 2.17 bits per heavy atom. The number of benzene rings is 1. The lowest BCUT2D eigenvalue weighted by molar-refractivity contribution is 0.443. The van der Waals surface area contributed by atoms with Gasteiger partial charge in [-0.15, -0.1) is 5.10 Å². The first-order valence-electron chi connectivity index (χ1n) is 5.33. The van der Waals surface area contributed by atoms with Crippen LogP contribution in [0.4, 0.5) is 16.1 Å². The number of hydrogen-bond donors (Lipinski definition) is 2. The fourth-order valence-corrected chi connectivity index (χ4v) is 1.46. The van der Waals surface area contributed by atoms with Crippen LogP contribution < -0.4 is 10.6 Å². The molecule has 2 rings (SSSR count). The van der Waals surface area contributed by atoms with Crippen molar-refractivity contribution < 1.29 is 8.81 Å². The van der Waals surface area contributed by atoms with Gasteiger partial charge in [0, 0.05) is 5.69 Å². The maximum absolute atomic E-state index is 13.0. The van der Waals surface area contributed by atoms with E-state index in [9.17, 15) is 4.39 Å². The minimum atomic E-state index is -0.475. The third kappa shape index (κ3) is 2.77. The van der Waals surface area contributed by atoms with Gasteiger partial charge < -0.3 is 15.1 Å². The van der Waals surface area contributed by atoms with E-state index in [4.69, 9.17) is 16.0 Å². The average Bonchev–Trinajstić information content (AvgIpc) is 2.81. The van der Waals surface area contributed by atoms with Crippen LogP contribution in [0.15, 0.2) is 22.6 Å². The first kappa shape index (κ1) is 12.8. The minimum absolute atomic E-state index is 0.0309. The van der Waals surface area contributed by atoms with Gasteiger partial charge in [0.05, 0.1) is 11.1 Å². The first-order valence-corrected chi connectivity index (χ1v) is 5.70. The summed E-state index contributed by atoms with van der Waals surface area (Å²) >= 11 is 5.67. The fourth-order valence-electron chi connectivity index (χ4n) is 1.28. The molecule has 0 bridgehead atoms. The van der Waals surface area contributed by atoms with Gasteiger partial charge in [-0.3, -0.25) is 0 Å². The highest BCUT2D eigenvalue weighted by molar-refractivity contribution is 6.31. The van der Waals surface area contributed by atoms with E-state index in [1.807, 2.05) is 6.92 Å². The molecule has 1 atom stereocenters. The molecule has 0 aliphatic rings. The summed E-state index contributed by atoms with van der Waals surface area (Å²) in [5, 5.41) is 13.6. The molecule has 0 saturated carbocycles. The lowest BCUT2D eigenvalue weighted by Crippen LogP contribution is -2.12. The fraction of sp³-hybridized carbons (Fsp3) is 0.273. The lowest BCUT2D eigenvalue weighted by Gasteiger charge is -2.04. The predicted molar refractivity (Wildman–Crippen MR) is 66.5 cm³/mol. The molecular formula is C11H12ClFN4O. The zero-order valence-corrected chi connectivity index (χ0v) is 10.6. The van der Waals surface area contributed by atoms with Crippen molar-refractivity contribution in [3.05, 3.63) is 34.9 Å². The van der Waals surface area contributed by atoms with E-state index in [1.165, 1.54) is 18.2 Å². The summed E-state index contributed by atoms with van der Waals surface area (Å²) in [6, 6.07) is 4.44. The first-order chi connectivity index (χ1) is 8.60. The number of nitrogens with one attached hydrogen (secondary N) is 2. The molecule has 2 aromatic rings. The highest BCUT2D eigenvalue weighted by Gasteiger charge is 2.12. The smallest absolute Gasteiger partial charge is 0.320 e. The molecule has 5 nitrogen and oxygen atoms in total. The Hall–Kier alpha value is -1.66. The van der Waals surface area contributed by atoms with Crippen LogP contribution in [0, 0.1) is 5.82 Å². The summed E-state index contributed by atoms with van der Waals surface area (Å²) in [5.41, 5.74) is 0.578. The zero-order chi connectivity index (χ0) is 13.1. The van der Waals surface area contributed by atoms with Gasteiger partial charge in [-0.2, -0.15) is 0 Å². The van der Waals surface area contributed by atoms with E-state index >= 15 is 0 Å². The number of anilines is 2. The second-order valence-corrected chi connectivity index (χ2v) is 4.12. The Labute approximate surface area is 108 Å². The van der Waals surface area contributed by atoms with E-state index in [2.05, 4.69) is 20.8 Å². The summed E-state index contributed by atoms with van der Waals surface area (Å²) in [5.74, 6) is -0.00884. The van der Waals surface area contributed by atoms with Crippen molar-refractivity contribution in [3.63, 3.8) is 0 Å². The van der Waals surface area contributed by atoms with Gasteiger partial charge in [-0.25, -0.2) is 4.39 Å². The Balaban J connectivity index is 2.13. The highest BCUT2D eigenvalue weighted by Crippen LogP contribution is 2.22. The van der Waals surface area contributed by atoms with Crippen molar-refractivity contribution in [2.75, 3.05) is 12.4 Å². The van der Waals surface area contributed by atoms with Gasteiger partial charge in [0.15, 0.2) is 0 Å². The molecule has 2 N–H and O–H groups in total. The molecule has 0 saturated heterocycles. The quantitative estimate of drug-likeness (QED) is 0.894. The van der Waals surface area contributed by atoms with Crippen molar-refractivity contribution in [1.82, 2.24) is 15.5 Å². The van der Waals surface area contributed by atoms with E-state index in [0.717, 1.165) is 0 Å². The third-order valence-corrected chi connectivity index (χ3v) is 2.70. The van der Waals surface area contributed by atoms with Gasteiger partial charge in [-0.1, -0.05) is 16.7 Å². The van der Waals surface area contributed by atoms with Crippen LogP contribution in [0.2, 0.25) is 5.02 Å². The summed E-state index contributed by atoms with van der Waals surface area (Å²) < 4.78 is 18.4. The molecule has 96 valence electrons. The highest BCUT2D eigenvalue weighted by atomic mass is 35.5. The summed E-state index contributed by atoms with van der Waals surface area (Å²) in [7, 11) is 1.79. The molecule has 1 aromatic heterocycles. The molecule has 18 heavy (non-hydrogen) atoms. The summed E-state index contributed by atoms with van der Waals surface area (Å²) in [4.78, 5) is 0. The molecular weight excluding hydrogens is 259 g/mol. The molecule has 1 aromatic carbocycles. The van der Waals surface area contributed by atoms with E-state index in [1.54, 1.807) is 7.05 Å².